The van der Waals surface area contributed by atoms with Gasteiger partial charge in [-0.25, -0.2) is 0 Å². The van der Waals surface area contributed by atoms with E-state index in [2.05, 4.69) is 0 Å². The Kier molecular flexibility index (Phi) is 6.13. The molecule has 32 heavy (non-hydrogen) atoms. The molecule has 0 saturated heterocycles. The second-order valence-electron chi connectivity index (χ2n) is 7.19. The summed E-state index contributed by atoms with van der Waals surface area (Å²) in [7, 11) is 0. The van der Waals surface area contributed by atoms with Crippen LogP contribution in [0.15, 0.2) is 48.5 Å². The minimum Gasteiger partial charge on any atom is -0.194 e. The van der Waals surface area contributed by atoms with Gasteiger partial charge >= 0.3 is 35.5 Å². The van der Waals surface area contributed by atoms with Crippen molar-refractivity contribution in [3.63, 3.8) is 0 Å². The summed E-state index contributed by atoms with van der Waals surface area (Å²) in [4.78, 5) is 0. The summed E-state index contributed by atoms with van der Waals surface area (Å²) in [5.41, 5.74) is -4.15. The van der Waals surface area contributed by atoms with E-state index in [-0.39, 0.29) is 35.4 Å². The van der Waals surface area contributed by atoms with Gasteiger partial charge in [-0.15, -0.1) is 0 Å². The highest BCUT2D eigenvalue weighted by atomic mass is 19.4. The molecule has 0 aliphatic carbocycles. The van der Waals surface area contributed by atoms with Crippen molar-refractivity contribution < 1.29 is 52.7 Å². The van der Waals surface area contributed by atoms with Crippen LogP contribution >= 0.6 is 0 Å². The highest BCUT2D eigenvalue weighted by Crippen LogP contribution is 2.63. The first-order valence-corrected chi connectivity index (χ1v) is 8.66. The molecule has 0 fully saturated rings. The van der Waals surface area contributed by atoms with E-state index >= 15 is 0 Å². The maximum Gasteiger partial charge on any atom is 0.385 e. The van der Waals surface area contributed by atoms with E-state index in [1.54, 1.807) is 0 Å². The molecule has 0 spiro atoms. The largest absolute Gasteiger partial charge is 0.385 e. The zero-order valence-electron chi connectivity index (χ0n) is 16.2. The predicted molar refractivity (Wildman–Crippen MR) is 89.9 cm³/mol. The summed E-state index contributed by atoms with van der Waals surface area (Å²) in [5.74, 6) is -41.8. The second-order valence-corrected chi connectivity index (χ2v) is 7.19. The highest BCUT2D eigenvalue weighted by Gasteiger charge is 2.90. The zero-order valence-corrected chi connectivity index (χ0v) is 16.2. The third-order valence-electron chi connectivity index (χ3n) is 4.73. The molecule has 0 N–H and O–H groups in total. The fourth-order valence-corrected chi connectivity index (χ4v) is 2.83. The Morgan fingerprint density at radius 1 is 0.438 bits per heavy atom. The van der Waals surface area contributed by atoms with E-state index in [4.69, 9.17) is 0 Å². The maximum atomic E-state index is 14.2. The van der Waals surface area contributed by atoms with Crippen LogP contribution in [0.1, 0.15) is 22.3 Å². The summed E-state index contributed by atoms with van der Waals surface area (Å²) in [5, 5.41) is 0. The van der Waals surface area contributed by atoms with Gasteiger partial charge in [0.2, 0.25) is 0 Å². The SMILES string of the molecule is Cc1cccc(C(F)(F)C(F)(F)C(F)(F)C(F)(F)C(F)(F)C(F)(F)c2cccc(C)c2)c1. The first-order valence-electron chi connectivity index (χ1n) is 8.66. The fraction of sp³-hybridized carbons (Fsp3) is 0.400. The molecule has 2 aromatic rings. The Balaban J connectivity index is 2.63. The van der Waals surface area contributed by atoms with Gasteiger partial charge in [0.1, 0.15) is 0 Å². The van der Waals surface area contributed by atoms with E-state index in [9.17, 15) is 52.7 Å². The second kappa shape index (κ2) is 7.58. The lowest BCUT2D eigenvalue weighted by Gasteiger charge is -2.41. The van der Waals surface area contributed by atoms with Crippen LogP contribution in [0.3, 0.4) is 0 Å². The topological polar surface area (TPSA) is 0 Å². The maximum absolute atomic E-state index is 14.2. The van der Waals surface area contributed by atoms with Crippen LogP contribution in [0, 0.1) is 13.8 Å². The predicted octanol–water partition coefficient (Wildman–Crippen LogP) is 7.73. The monoisotopic (exact) mass is 482 g/mol. The van der Waals surface area contributed by atoms with Crippen molar-refractivity contribution in [2.75, 3.05) is 0 Å². The number of hydrogen-bond acceptors (Lipinski definition) is 0. The van der Waals surface area contributed by atoms with Crippen LogP contribution < -0.4 is 0 Å². The average molecular weight is 482 g/mol. The zero-order chi connectivity index (χ0) is 25.0. The van der Waals surface area contributed by atoms with E-state index in [0.29, 0.717) is 12.1 Å². The van der Waals surface area contributed by atoms with Crippen molar-refractivity contribution in [3.8, 4) is 0 Å². The van der Waals surface area contributed by atoms with Crippen molar-refractivity contribution in [2.45, 2.75) is 49.4 Å². The van der Waals surface area contributed by atoms with Crippen molar-refractivity contribution in [1.29, 1.82) is 0 Å². The smallest absolute Gasteiger partial charge is 0.194 e. The van der Waals surface area contributed by atoms with Gasteiger partial charge in [0.15, 0.2) is 0 Å². The third-order valence-corrected chi connectivity index (χ3v) is 4.73. The van der Waals surface area contributed by atoms with Crippen molar-refractivity contribution in [2.24, 2.45) is 0 Å². The number of rotatable bonds is 7. The van der Waals surface area contributed by atoms with E-state index < -0.39 is 46.7 Å². The quantitative estimate of drug-likeness (QED) is 0.355. The molecule has 0 nitrogen and oxygen atoms in total. The van der Waals surface area contributed by atoms with Gasteiger partial charge in [0, 0.05) is 11.1 Å². The molecule has 2 aromatic carbocycles. The molecule has 0 unspecified atom stereocenters. The van der Waals surface area contributed by atoms with Crippen molar-refractivity contribution in [3.05, 3.63) is 70.8 Å². The van der Waals surface area contributed by atoms with Gasteiger partial charge in [0.25, 0.3) is 0 Å². The van der Waals surface area contributed by atoms with Crippen molar-refractivity contribution >= 4 is 0 Å². The summed E-state index contributed by atoms with van der Waals surface area (Å²) in [6.45, 7) is 2.14. The Morgan fingerprint density at radius 3 is 0.969 bits per heavy atom. The first-order chi connectivity index (χ1) is 14.2. The van der Waals surface area contributed by atoms with Crippen LogP contribution in [0.4, 0.5) is 52.7 Å². The van der Waals surface area contributed by atoms with Crippen LogP contribution in [0.5, 0.6) is 0 Å². The Bertz CT molecular complexity index is 899. The molecule has 0 saturated carbocycles. The molecule has 0 atom stereocenters. The number of benzene rings is 2. The van der Waals surface area contributed by atoms with Gasteiger partial charge < -0.3 is 0 Å². The molecule has 0 aliphatic rings. The minimum absolute atomic E-state index is 0.175. The van der Waals surface area contributed by atoms with Gasteiger partial charge in [-0.05, 0) is 26.0 Å². The number of halogens is 12. The van der Waals surface area contributed by atoms with Crippen LogP contribution in [0.2, 0.25) is 0 Å². The lowest BCUT2D eigenvalue weighted by Crippen LogP contribution is -2.69. The van der Waals surface area contributed by atoms with Gasteiger partial charge in [-0.3, -0.25) is 0 Å². The summed E-state index contributed by atoms with van der Waals surface area (Å²) in [6, 6.07) is 4.37. The Hall–Kier alpha value is -2.40. The minimum atomic E-state index is -7.61. The first kappa shape index (κ1) is 25.9. The normalized spacial score (nSPS) is 14.6. The Labute approximate surface area is 173 Å². The van der Waals surface area contributed by atoms with Crippen LogP contribution in [-0.4, -0.2) is 23.7 Å². The molecular formula is C20H14F12. The summed E-state index contributed by atoms with van der Waals surface area (Å²) < 4.78 is 170. The van der Waals surface area contributed by atoms with Gasteiger partial charge in [-0.2, -0.15) is 52.7 Å². The van der Waals surface area contributed by atoms with E-state index in [1.807, 2.05) is 0 Å². The fourth-order valence-electron chi connectivity index (χ4n) is 2.83. The average Bonchev–Trinajstić information content (AvgIpc) is 2.67. The lowest BCUT2D eigenvalue weighted by molar-refractivity contribution is -0.429. The molecule has 0 bridgehead atoms. The highest BCUT2D eigenvalue weighted by molar-refractivity contribution is 5.32. The molecule has 0 heterocycles. The lowest BCUT2D eigenvalue weighted by atomic mass is 9.86. The molecule has 2 rings (SSSR count). The van der Waals surface area contributed by atoms with E-state index in [1.165, 1.54) is 0 Å². The molecule has 0 amide bonds. The molecule has 0 aliphatic heterocycles. The van der Waals surface area contributed by atoms with Gasteiger partial charge in [0.05, 0.1) is 0 Å². The number of hydrogen-bond donors (Lipinski definition) is 0. The number of aryl methyl sites for hydroxylation is 2. The molecule has 0 radical (unpaired) electrons. The summed E-state index contributed by atoms with van der Waals surface area (Å²) in [6.07, 6.45) is 0. The molecule has 0 aromatic heterocycles. The standard InChI is InChI=1S/C20H14F12/c1-11-5-3-7-13(9-11)15(21,22)17(25,26)19(29,30)20(31,32)18(27,28)16(23,24)14-8-4-6-12(2)10-14/h3-10H,1-2H3. The van der Waals surface area contributed by atoms with Crippen molar-refractivity contribution in [1.82, 2.24) is 0 Å². The third kappa shape index (κ3) is 3.51. The van der Waals surface area contributed by atoms with E-state index in [0.717, 1.165) is 26.0 Å². The molecule has 12 heteroatoms. The summed E-state index contributed by atoms with van der Waals surface area (Å²) >= 11 is 0. The molecule has 178 valence electrons. The Morgan fingerprint density at radius 2 is 0.719 bits per heavy atom. The molecular weight excluding hydrogens is 468 g/mol. The van der Waals surface area contributed by atoms with Crippen LogP contribution in [0.25, 0.3) is 0 Å². The van der Waals surface area contributed by atoms with Gasteiger partial charge in [-0.1, -0.05) is 47.5 Å². The number of alkyl halides is 12. The van der Waals surface area contributed by atoms with Crippen LogP contribution in [-0.2, 0) is 11.8 Å².